The van der Waals surface area contributed by atoms with Gasteiger partial charge in [0.2, 0.25) is 11.8 Å². The number of hydrogen-bond acceptors (Lipinski definition) is 6. The van der Waals surface area contributed by atoms with E-state index < -0.39 is 12.0 Å². The summed E-state index contributed by atoms with van der Waals surface area (Å²) in [6.07, 6.45) is -1.08. The van der Waals surface area contributed by atoms with Gasteiger partial charge in [0, 0.05) is 45.1 Å². The molecule has 2 aromatic rings. The number of likely N-dealkylation sites (tertiary alicyclic amines) is 1. The largest absolute Gasteiger partial charge is 0.453 e. The first kappa shape index (κ1) is 23.2. The van der Waals surface area contributed by atoms with Gasteiger partial charge in [-0.15, -0.1) is 15.3 Å². The quantitative estimate of drug-likeness (QED) is 0.724. The number of piperidine rings is 2. The van der Waals surface area contributed by atoms with Crippen molar-refractivity contribution in [3.63, 3.8) is 0 Å². The van der Waals surface area contributed by atoms with Crippen molar-refractivity contribution in [2.24, 2.45) is 11.8 Å². The van der Waals surface area contributed by atoms with E-state index in [4.69, 9.17) is 0 Å². The molecule has 33 heavy (non-hydrogen) atoms. The van der Waals surface area contributed by atoms with Crippen molar-refractivity contribution in [1.29, 1.82) is 0 Å². The van der Waals surface area contributed by atoms with Gasteiger partial charge in [-0.05, 0) is 43.7 Å². The molecule has 0 bridgehead atoms. The van der Waals surface area contributed by atoms with Crippen molar-refractivity contribution < 1.29 is 22.8 Å². The Morgan fingerprint density at radius 3 is 2.58 bits per heavy atom. The van der Waals surface area contributed by atoms with Gasteiger partial charge in [0.1, 0.15) is 5.82 Å². The summed E-state index contributed by atoms with van der Waals surface area (Å²) in [5, 5.41) is 13.6. The summed E-state index contributed by atoms with van der Waals surface area (Å²) in [6.45, 7) is 5.01. The number of hydrogen-bond donors (Lipinski definition) is 1. The van der Waals surface area contributed by atoms with Crippen LogP contribution >= 0.6 is 0 Å². The third kappa shape index (κ3) is 5.36. The summed E-state index contributed by atoms with van der Waals surface area (Å²) in [6, 6.07) is 3.06. The van der Waals surface area contributed by atoms with Crippen LogP contribution in [-0.2, 0) is 15.8 Å². The van der Waals surface area contributed by atoms with Crippen LogP contribution in [0, 0.1) is 11.8 Å². The van der Waals surface area contributed by atoms with E-state index in [0.717, 1.165) is 25.9 Å². The first-order valence-corrected chi connectivity index (χ1v) is 11.3. The second-order valence-electron chi connectivity index (χ2n) is 8.87. The molecular formula is C21H28F3N7O2. The zero-order valence-electron chi connectivity index (χ0n) is 18.5. The van der Waals surface area contributed by atoms with Crippen molar-refractivity contribution in [3.05, 3.63) is 18.0 Å². The number of halogens is 3. The SMILES string of the molecule is CC1CCCN(C(=O)CCNC(=O)C2CCN(c3ccc4nnc(C(F)(F)F)n4n3)CC2)C1. The lowest BCUT2D eigenvalue weighted by atomic mass is 9.96. The van der Waals surface area contributed by atoms with E-state index in [1.165, 1.54) is 6.07 Å². The van der Waals surface area contributed by atoms with E-state index in [2.05, 4.69) is 27.5 Å². The summed E-state index contributed by atoms with van der Waals surface area (Å²) >= 11 is 0. The Labute approximate surface area is 189 Å². The van der Waals surface area contributed by atoms with Gasteiger partial charge in [-0.2, -0.15) is 17.7 Å². The van der Waals surface area contributed by atoms with E-state index in [-0.39, 0.29) is 23.4 Å². The number of carbonyl (C=O) groups is 2. The lowest BCUT2D eigenvalue weighted by Crippen LogP contribution is -2.43. The van der Waals surface area contributed by atoms with Gasteiger partial charge in [0.25, 0.3) is 5.82 Å². The van der Waals surface area contributed by atoms with Crippen LogP contribution in [-0.4, -0.2) is 69.2 Å². The molecule has 2 aliphatic heterocycles. The summed E-state index contributed by atoms with van der Waals surface area (Å²) in [7, 11) is 0. The predicted octanol–water partition coefficient (Wildman–Crippen LogP) is 2.12. The number of alkyl halides is 3. The van der Waals surface area contributed by atoms with Crippen molar-refractivity contribution in [1.82, 2.24) is 30.0 Å². The van der Waals surface area contributed by atoms with Gasteiger partial charge in [-0.3, -0.25) is 9.59 Å². The molecule has 1 unspecified atom stereocenters. The van der Waals surface area contributed by atoms with Gasteiger partial charge in [-0.25, -0.2) is 0 Å². The van der Waals surface area contributed by atoms with E-state index in [1.54, 1.807) is 6.07 Å². The van der Waals surface area contributed by atoms with Crippen molar-refractivity contribution in [3.8, 4) is 0 Å². The second-order valence-corrected chi connectivity index (χ2v) is 8.87. The Hall–Kier alpha value is -2.92. The zero-order valence-corrected chi connectivity index (χ0v) is 18.5. The summed E-state index contributed by atoms with van der Waals surface area (Å²) in [5.41, 5.74) is 0.0221. The van der Waals surface area contributed by atoms with Crippen LogP contribution in [0.3, 0.4) is 0 Å². The molecule has 2 aromatic heterocycles. The molecule has 4 rings (SSSR count). The van der Waals surface area contributed by atoms with Crippen molar-refractivity contribution in [2.45, 2.75) is 45.2 Å². The number of anilines is 1. The molecule has 0 aliphatic carbocycles. The molecule has 2 amide bonds. The molecule has 180 valence electrons. The summed E-state index contributed by atoms with van der Waals surface area (Å²) in [4.78, 5) is 28.6. The maximum absolute atomic E-state index is 13.1. The number of rotatable bonds is 5. The van der Waals surface area contributed by atoms with E-state index in [1.807, 2.05) is 9.80 Å². The Morgan fingerprint density at radius 1 is 1.12 bits per heavy atom. The average molecular weight is 467 g/mol. The molecule has 2 aliphatic rings. The summed E-state index contributed by atoms with van der Waals surface area (Å²) < 4.78 is 40.0. The molecule has 2 saturated heterocycles. The number of carbonyl (C=O) groups excluding carboxylic acids is 2. The zero-order chi connectivity index (χ0) is 23.6. The topological polar surface area (TPSA) is 95.7 Å². The molecule has 0 saturated carbocycles. The minimum Gasteiger partial charge on any atom is -0.355 e. The highest BCUT2D eigenvalue weighted by atomic mass is 19.4. The van der Waals surface area contributed by atoms with E-state index in [9.17, 15) is 22.8 Å². The highest BCUT2D eigenvalue weighted by Gasteiger charge is 2.38. The Morgan fingerprint density at radius 2 is 1.88 bits per heavy atom. The van der Waals surface area contributed by atoms with Gasteiger partial charge in [0.05, 0.1) is 0 Å². The van der Waals surface area contributed by atoms with Crippen LogP contribution in [0.15, 0.2) is 12.1 Å². The molecule has 0 aromatic carbocycles. The molecular weight excluding hydrogens is 439 g/mol. The molecule has 0 radical (unpaired) electrons. The molecule has 12 heteroatoms. The molecule has 1 atom stereocenters. The minimum absolute atomic E-state index is 0.0221. The van der Waals surface area contributed by atoms with Crippen LogP contribution in [0.4, 0.5) is 19.0 Å². The van der Waals surface area contributed by atoms with Crippen LogP contribution in [0.1, 0.15) is 44.9 Å². The van der Waals surface area contributed by atoms with Gasteiger partial charge >= 0.3 is 6.18 Å². The lowest BCUT2D eigenvalue weighted by molar-refractivity contribution is -0.146. The van der Waals surface area contributed by atoms with E-state index >= 15 is 0 Å². The highest BCUT2D eigenvalue weighted by molar-refractivity contribution is 5.80. The number of nitrogens with zero attached hydrogens (tertiary/aromatic N) is 6. The highest BCUT2D eigenvalue weighted by Crippen LogP contribution is 2.28. The standard InChI is InChI=1S/C21H28F3N7O2/c1-14-3-2-10-30(13-14)18(32)6-9-25-19(33)15-7-11-29(12-8-15)17-5-4-16-26-27-20(21(22,23)24)31(16)28-17/h4-5,14-15H,2-3,6-13H2,1H3,(H,25,33). The fraction of sp³-hybridized carbons (Fsp3) is 0.667. The van der Waals surface area contributed by atoms with Crippen LogP contribution < -0.4 is 10.2 Å². The van der Waals surface area contributed by atoms with Crippen molar-refractivity contribution >= 4 is 23.3 Å². The minimum atomic E-state index is -4.65. The Kier molecular flexibility index (Phi) is 6.71. The number of fused-ring (bicyclic) bond motifs is 1. The molecule has 0 spiro atoms. The van der Waals surface area contributed by atoms with Crippen LogP contribution in [0.2, 0.25) is 0 Å². The van der Waals surface area contributed by atoms with Crippen LogP contribution in [0.5, 0.6) is 0 Å². The molecule has 2 fully saturated rings. The number of nitrogens with one attached hydrogen (secondary N) is 1. The maximum Gasteiger partial charge on any atom is 0.453 e. The van der Waals surface area contributed by atoms with Gasteiger partial charge < -0.3 is 15.1 Å². The Balaban J connectivity index is 1.26. The third-order valence-corrected chi connectivity index (χ3v) is 6.34. The lowest BCUT2D eigenvalue weighted by Gasteiger charge is -2.32. The van der Waals surface area contributed by atoms with Gasteiger partial charge in [-0.1, -0.05) is 6.92 Å². The number of amides is 2. The first-order valence-electron chi connectivity index (χ1n) is 11.3. The number of aromatic nitrogens is 4. The molecule has 9 nitrogen and oxygen atoms in total. The normalized spacial score (nSPS) is 20.3. The van der Waals surface area contributed by atoms with Crippen molar-refractivity contribution in [2.75, 3.05) is 37.6 Å². The third-order valence-electron chi connectivity index (χ3n) is 6.34. The average Bonchev–Trinajstić information content (AvgIpc) is 3.23. The molecule has 4 heterocycles. The Bertz CT molecular complexity index is 1000. The van der Waals surface area contributed by atoms with Gasteiger partial charge in [0.15, 0.2) is 5.65 Å². The fourth-order valence-corrected chi connectivity index (χ4v) is 4.51. The molecule has 1 N–H and O–H groups in total. The first-order chi connectivity index (χ1) is 15.7. The maximum atomic E-state index is 13.1. The fourth-order valence-electron chi connectivity index (χ4n) is 4.51. The smallest absolute Gasteiger partial charge is 0.355 e. The monoisotopic (exact) mass is 467 g/mol. The summed E-state index contributed by atoms with van der Waals surface area (Å²) in [5.74, 6) is -0.477. The second kappa shape index (κ2) is 9.52. The van der Waals surface area contributed by atoms with Crippen LogP contribution in [0.25, 0.3) is 5.65 Å². The van der Waals surface area contributed by atoms with E-state index in [0.29, 0.717) is 55.1 Å². The predicted molar refractivity (Wildman–Crippen MR) is 113 cm³/mol.